The highest BCUT2D eigenvalue weighted by molar-refractivity contribution is 6.40. The first kappa shape index (κ1) is 19.8. The molecule has 2 heterocycles. The molecule has 0 bridgehead atoms. The summed E-state index contributed by atoms with van der Waals surface area (Å²) in [5.41, 5.74) is 0.521. The fourth-order valence-electron chi connectivity index (χ4n) is 3.56. The summed E-state index contributed by atoms with van der Waals surface area (Å²) in [5, 5.41) is 5.44. The molecule has 0 aliphatic heterocycles. The van der Waals surface area contributed by atoms with Gasteiger partial charge in [-0.1, -0.05) is 6.07 Å². The van der Waals surface area contributed by atoms with Gasteiger partial charge in [0.15, 0.2) is 11.6 Å². The summed E-state index contributed by atoms with van der Waals surface area (Å²) >= 11 is 0. The van der Waals surface area contributed by atoms with Gasteiger partial charge in [0.25, 0.3) is 0 Å². The van der Waals surface area contributed by atoms with E-state index in [4.69, 9.17) is 4.74 Å². The van der Waals surface area contributed by atoms with Crippen LogP contribution in [0.2, 0.25) is 0 Å². The largest absolute Gasteiger partial charge is 0.474 e. The fraction of sp³-hybridized carbons (Fsp3) is 0.286. The minimum Gasteiger partial charge on any atom is -0.474 e. The van der Waals surface area contributed by atoms with Gasteiger partial charge in [0.1, 0.15) is 6.10 Å². The second-order valence-corrected chi connectivity index (χ2v) is 7.20. The van der Waals surface area contributed by atoms with E-state index >= 15 is 0 Å². The molecule has 1 saturated carbocycles. The molecule has 0 radical (unpaired) electrons. The van der Waals surface area contributed by atoms with E-state index in [1.807, 2.05) is 12.1 Å². The van der Waals surface area contributed by atoms with Crippen molar-refractivity contribution >= 4 is 28.4 Å². The van der Waals surface area contributed by atoms with Gasteiger partial charge in [0.2, 0.25) is 5.88 Å². The Balaban J connectivity index is 1.29. The summed E-state index contributed by atoms with van der Waals surface area (Å²) in [6.45, 7) is 0. The number of aromatic amines is 1. The Morgan fingerprint density at radius 1 is 1.07 bits per heavy atom. The van der Waals surface area contributed by atoms with E-state index in [0.29, 0.717) is 24.2 Å². The summed E-state index contributed by atoms with van der Waals surface area (Å²) in [5.74, 6) is -3.11. The predicted octanol–water partition coefficient (Wildman–Crippen LogP) is 3.29. The van der Waals surface area contributed by atoms with Crippen molar-refractivity contribution in [2.24, 2.45) is 0 Å². The number of pyridine rings is 1. The number of aromatic nitrogens is 2. The number of rotatable bonds is 4. The number of nitrogens with one attached hydrogen (secondary N) is 3. The lowest BCUT2D eigenvalue weighted by molar-refractivity contribution is -0.136. The molecule has 0 unspecified atom stereocenters. The molecule has 1 aromatic carbocycles. The van der Waals surface area contributed by atoms with Gasteiger partial charge >= 0.3 is 11.8 Å². The van der Waals surface area contributed by atoms with Gasteiger partial charge < -0.3 is 20.4 Å². The van der Waals surface area contributed by atoms with Crippen molar-refractivity contribution in [1.29, 1.82) is 0 Å². The van der Waals surface area contributed by atoms with Gasteiger partial charge in [-0.25, -0.2) is 13.8 Å². The average molecular weight is 414 g/mol. The summed E-state index contributed by atoms with van der Waals surface area (Å²) in [7, 11) is 0. The number of halogens is 2. The zero-order valence-corrected chi connectivity index (χ0v) is 16.0. The third-order valence-corrected chi connectivity index (χ3v) is 5.11. The maximum Gasteiger partial charge on any atom is 0.313 e. The van der Waals surface area contributed by atoms with E-state index in [1.165, 1.54) is 6.20 Å². The van der Waals surface area contributed by atoms with E-state index in [-0.39, 0.29) is 23.2 Å². The first-order valence-electron chi connectivity index (χ1n) is 9.65. The Hall–Kier alpha value is -3.49. The van der Waals surface area contributed by atoms with Crippen molar-refractivity contribution in [1.82, 2.24) is 15.3 Å². The molecule has 1 aliphatic rings. The summed E-state index contributed by atoms with van der Waals surface area (Å²) in [6.07, 6.45) is 5.88. The van der Waals surface area contributed by atoms with Crippen molar-refractivity contribution in [2.45, 2.75) is 37.8 Å². The van der Waals surface area contributed by atoms with Crippen LogP contribution in [-0.4, -0.2) is 33.9 Å². The molecule has 30 heavy (non-hydrogen) atoms. The van der Waals surface area contributed by atoms with Gasteiger partial charge in [0.05, 0.1) is 11.2 Å². The van der Waals surface area contributed by atoms with Crippen molar-refractivity contribution < 1.29 is 23.1 Å². The Morgan fingerprint density at radius 3 is 2.57 bits per heavy atom. The number of hydrogen-bond acceptors (Lipinski definition) is 4. The lowest BCUT2D eigenvalue weighted by atomic mass is 9.93. The molecule has 0 saturated heterocycles. The number of amides is 2. The molecule has 7 nitrogen and oxygen atoms in total. The van der Waals surface area contributed by atoms with Crippen LogP contribution >= 0.6 is 0 Å². The zero-order valence-electron chi connectivity index (χ0n) is 16.0. The highest BCUT2D eigenvalue weighted by Crippen LogP contribution is 2.26. The second-order valence-electron chi connectivity index (χ2n) is 7.20. The van der Waals surface area contributed by atoms with E-state index in [9.17, 15) is 18.4 Å². The molecule has 1 fully saturated rings. The number of fused-ring (bicyclic) bond motifs is 1. The first-order chi connectivity index (χ1) is 14.5. The number of carbonyl (C=O) groups is 2. The van der Waals surface area contributed by atoms with E-state index in [0.717, 1.165) is 25.0 Å². The lowest BCUT2D eigenvalue weighted by Gasteiger charge is -2.29. The number of anilines is 1. The molecule has 2 aromatic heterocycles. The van der Waals surface area contributed by atoms with Crippen LogP contribution in [0.3, 0.4) is 0 Å². The van der Waals surface area contributed by atoms with Gasteiger partial charge in [-0.15, -0.1) is 0 Å². The molecular weight excluding hydrogens is 394 g/mol. The van der Waals surface area contributed by atoms with E-state index in [2.05, 4.69) is 20.6 Å². The quantitative estimate of drug-likeness (QED) is 0.571. The van der Waals surface area contributed by atoms with Crippen molar-refractivity contribution in [2.75, 3.05) is 5.32 Å². The standard InChI is InChI=1S/C21H20F2N4O3/c22-15-9-14-17(10-16(15)23)25-11-18(14)27-21(29)20(28)26-12-4-6-13(7-5-12)30-19-3-1-2-8-24-19/h1-3,8-13,25H,4-7H2,(H,26,28)(H,27,29). The van der Waals surface area contributed by atoms with Gasteiger partial charge in [-0.3, -0.25) is 9.59 Å². The van der Waals surface area contributed by atoms with Crippen LogP contribution < -0.4 is 15.4 Å². The molecule has 2 amide bonds. The molecule has 4 rings (SSSR count). The third-order valence-electron chi connectivity index (χ3n) is 5.11. The van der Waals surface area contributed by atoms with Crippen LogP contribution in [0.1, 0.15) is 25.7 Å². The van der Waals surface area contributed by atoms with Crippen LogP contribution in [0.15, 0.2) is 42.7 Å². The summed E-state index contributed by atoms with van der Waals surface area (Å²) in [6, 6.07) is 7.29. The first-order valence-corrected chi connectivity index (χ1v) is 9.65. The Labute approximate surface area is 170 Å². The smallest absolute Gasteiger partial charge is 0.313 e. The Kier molecular flexibility index (Phi) is 5.60. The van der Waals surface area contributed by atoms with E-state index in [1.54, 1.807) is 12.3 Å². The number of hydrogen-bond donors (Lipinski definition) is 3. The number of ether oxygens (including phenoxy) is 1. The fourth-order valence-corrected chi connectivity index (χ4v) is 3.56. The third kappa shape index (κ3) is 4.40. The SMILES string of the molecule is O=C(Nc1c[nH]c2cc(F)c(F)cc12)C(=O)NC1CCC(Oc2ccccn2)CC1. The van der Waals surface area contributed by atoms with Crippen LogP contribution in [-0.2, 0) is 9.59 Å². The summed E-state index contributed by atoms with van der Waals surface area (Å²) < 4.78 is 32.6. The van der Waals surface area contributed by atoms with Crippen LogP contribution in [0, 0.1) is 11.6 Å². The highest BCUT2D eigenvalue weighted by Gasteiger charge is 2.26. The number of benzene rings is 1. The van der Waals surface area contributed by atoms with Crippen LogP contribution in [0.4, 0.5) is 14.5 Å². The van der Waals surface area contributed by atoms with Crippen molar-refractivity contribution in [3.05, 3.63) is 54.4 Å². The lowest BCUT2D eigenvalue weighted by Crippen LogP contribution is -2.44. The Bertz CT molecular complexity index is 1060. The normalized spacial score (nSPS) is 18.7. The van der Waals surface area contributed by atoms with E-state index < -0.39 is 23.4 Å². The molecule has 1 aliphatic carbocycles. The topological polar surface area (TPSA) is 96.1 Å². The molecular formula is C21H20F2N4O3. The minimum absolute atomic E-state index is 0.0170. The van der Waals surface area contributed by atoms with Crippen molar-refractivity contribution in [3.63, 3.8) is 0 Å². The maximum atomic E-state index is 13.5. The number of carbonyl (C=O) groups excluding carboxylic acids is 2. The average Bonchev–Trinajstić information content (AvgIpc) is 3.12. The summed E-state index contributed by atoms with van der Waals surface area (Å²) in [4.78, 5) is 31.4. The maximum absolute atomic E-state index is 13.5. The molecule has 9 heteroatoms. The van der Waals surface area contributed by atoms with Gasteiger partial charge in [-0.2, -0.15) is 0 Å². The minimum atomic E-state index is -1.04. The Morgan fingerprint density at radius 2 is 1.83 bits per heavy atom. The predicted molar refractivity (Wildman–Crippen MR) is 106 cm³/mol. The molecule has 3 aromatic rings. The zero-order chi connectivity index (χ0) is 21.1. The molecule has 0 spiro atoms. The van der Waals surface area contributed by atoms with Crippen LogP contribution in [0.25, 0.3) is 10.9 Å². The van der Waals surface area contributed by atoms with Gasteiger partial charge in [0, 0.05) is 36.0 Å². The second kappa shape index (κ2) is 8.48. The molecule has 156 valence electrons. The highest BCUT2D eigenvalue weighted by atomic mass is 19.2. The number of nitrogens with zero attached hydrogens (tertiary/aromatic N) is 1. The van der Waals surface area contributed by atoms with Crippen LogP contribution in [0.5, 0.6) is 5.88 Å². The molecule has 3 N–H and O–H groups in total. The monoisotopic (exact) mass is 414 g/mol. The number of H-pyrrole nitrogens is 1. The van der Waals surface area contributed by atoms with Crippen molar-refractivity contribution in [3.8, 4) is 5.88 Å². The molecule has 0 atom stereocenters. The van der Waals surface area contributed by atoms with Gasteiger partial charge in [-0.05, 0) is 37.8 Å².